The van der Waals surface area contributed by atoms with Crippen LogP contribution in [0.25, 0.3) is 0 Å². The molecular weight excluding hydrogens is 350 g/mol. The van der Waals surface area contributed by atoms with E-state index in [0.717, 1.165) is 0 Å². The van der Waals surface area contributed by atoms with Crippen LogP contribution in [0.1, 0.15) is 27.7 Å². The van der Waals surface area contributed by atoms with Crippen molar-refractivity contribution in [1.82, 2.24) is 14.1 Å². The van der Waals surface area contributed by atoms with Crippen LogP contribution in [-0.4, -0.2) is 99.0 Å². The van der Waals surface area contributed by atoms with E-state index in [4.69, 9.17) is 0 Å². The van der Waals surface area contributed by atoms with Crippen LogP contribution in [0.15, 0.2) is 0 Å². The first-order valence-corrected chi connectivity index (χ1v) is 12.1. The van der Waals surface area contributed by atoms with Gasteiger partial charge in [-0.3, -0.25) is 9.80 Å². The molecule has 0 atom stereocenters. The van der Waals surface area contributed by atoms with Gasteiger partial charge in [-0.05, 0) is 27.7 Å². The van der Waals surface area contributed by atoms with Crippen molar-refractivity contribution in [2.45, 2.75) is 38.8 Å². The zero-order chi connectivity index (χ0) is 18.4. The molecule has 142 valence electrons. The molecule has 0 spiro atoms. The van der Waals surface area contributed by atoms with E-state index in [1.807, 2.05) is 0 Å². The SMILES string of the molecule is CC(C)(N1CCN(S(C)(=O)=O)CC1)C(C)(C)N1CCS(=O)(=O)CC1. The van der Waals surface area contributed by atoms with Gasteiger partial charge < -0.3 is 0 Å². The highest BCUT2D eigenvalue weighted by Crippen LogP contribution is 2.35. The third-order valence-electron chi connectivity index (χ3n) is 6.13. The van der Waals surface area contributed by atoms with Crippen molar-refractivity contribution in [2.24, 2.45) is 0 Å². The fourth-order valence-corrected chi connectivity index (χ4v) is 5.65. The molecule has 0 N–H and O–H groups in total. The average Bonchev–Trinajstić information content (AvgIpc) is 2.46. The van der Waals surface area contributed by atoms with Crippen molar-refractivity contribution in [3.05, 3.63) is 0 Å². The zero-order valence-corrected chi connectivity index (χ0v) is 17.1. The highest BCUT2D eigenvalue weighted by atomic mass is 32.2. The highest BCUT2D eigenvalue weighted by molar-refractivity contribution is 7.91. The maximum Gasteiger partial charge on any atom is 0.211 e. The minimum absolute atomic E-state index is 0.197. The van der Waals surface area contributed by atoms with E-state index in [9.17, 15) is 16.8 Å². The summed E-state index contributed by atoms with van der Waals surface area (Å²) in [5, 5.41) is 0. The van der Waals surface area contributed by atoms with Gasteiger partial charge in [-0.15, -0.1) is 0 Å². The summed E-state index contributed by atoms with van der Waals surface area (Å²) in [7, 11) is -6.03. The number of piperazine rings is 1. The molecule has 0 saturated carbocycles. The number of nitrogens with zero attached hydrogens (tertiary/aromatic N) is 3. The van der Waals surface area contributed by atoms with Crippen LogP contribution in [0.4, 0.5) is 0 Å². The van der Waals surface area contributed by atoms with Gasteiger partial charge in [0.1, 0.15) is 0 Å². The van der Waals surface area contributed by atoms with Crippen LogP contribution in [0.3, 0.4) is 0 Å². The molecule has 9 heteroatoms. The Morgan fingerprint density at radius 1 is 0.750 bits per heavy atom. The summed E-state index contributed by atoms with van der Waals surface area (Å²) in [5.74, 6) is 0.433. The van der Waals surface area contributed by atoms with Crippen LogP contribution in [0.2, 0.25) is 0 Å². The number of sulfone groups is 1. The molecule has 0 aromatic heterocycles. The van der Waals surface area contributed by atoms with E-state index in [1.165, 1.54) is 10.6 Å². The van der Waals surface area contributed by atoms with E-state index in [1.54, 1.807) is 0 Å². The van der Waals surface area contributed by atoms with Crippen LogP contribution in [0.5, 0.6) is 0 Å². The number of rotatable bonds is 4. The lowest BCUT2D eigenvalue weighted by Gasteiger charge is -2.56. The molecule has 2 aliphatic heterocycles. The largest absolute Gasteiger partial charge is 0.294 e. The predicted molar refractivity (Wildman–Crippen MR) is 96.4 cm³/mol. The van der Waals surface area contributed by atoms with E-state index in [0.29, 0.717) is 39.3 Å². The molecule has 2 rings (SSSR count). The molecule has 0 bridgehead atoms. The van der Waals surface area contributed by atoms with Crippen molar-refractivity contribution in [1.29, 1.82) is 0 Å². The Labute approximate surface area is 147 Å². The topological polar surface area (TPSA) is 78.0 Å². The number of hydrogen-bond acceptors (Lipinski definition) is 6. The third kappa shape index (κ3) is 3.95. The van der Waals surface area contributed by atoms with Gasteiger partial charge >= 0.3 is 0 Å². The number of sulfonamides is 1. The standard InChI is InChI=1S/C15H31N3O4S2/c1-14(2,16-6-8-18(9-7-16)23(5,19)20)15(3,4)17-10-12-24(21,22)13-11-17/h6-13H2,1-5H3. The van der Waals surface area contributed by atoms with E-state index in [2.05, 4.69) is 37.5 Å². The van der Waals surface area contributed by atoms with Crippen molar-refractivity contribution in [3.63, 3.8) is 0 Å². The minimum Gasteiger partial charge on any atom is -0.294 e. The molecule has 0 aromatic rings. The summed E-state index contributed by atoms with van der Waals surface area (Å²) >= 11 is 0. The molecule has 0 amide bonds. The molecule has 7 nitrogen and oxygen atoms in total. The molecule has 0 aliphatic carbocycles. The Balaban J connectivity index is 2.09. The van der Waals surface area contributed by atoms with Crippen LogP contribution < -0.4 is 0 Å². The summed E-state index contributed by atoms with van der Waals surface area (Å²) in [4.78, 5) is 4.59. The average molecular weight is 382 g/mol. The van der Waals surface area contributed by atoms with E-state index < -0.39 is 19.9 Å². The molecule has 2 heterocycles. The lowest BCUT2D eigenvalue weighted by molar-refractivity contribution is -0.0445. The first kappa shape index (κ1) is 20.1. The molecular formula is C15H31N3O4S2. The molecule has 24 heavy (non-hydrogen) atoms. The molecule has 2 aliphatic rings. The normalized spacial score (nSPS) is 25.7. The van der Waals surface area contributed by atoms with Gasteiger partial charge in [0, 0.05) is 50.3 Å². The summed E-state index contributed by atoms with van der Waals surface area (Å²) in [6.45, 7) is 12.2. The molecule has 0 unspecified atom stereocenters. The van der Waals surface area contributed by atoms with Crippen LogP contribution in [0, 0.1) is 0 Å². The first-order chi connectivity index (χ1) is 10.8. The Bertz CT molecular complexity index is 649. The van der Waals surface area contributed by atoms with Gasteiger partial charge in [-0.1, -0.05) is 0 Å². The van der Waals surface area contributed by atoms with Gasteiger partial charge in [-0.2, -0.15) is 4.31 Å². The third-order valence-corrected chi connectivity index (χ3v) is 9.04. The lowest BCUT2D eigenvalue weighted by Crippen LogP contribution is -2.69. The maximum atomic E-state index is 11.7. The van der Waals surface area contributed by atoms with Crippen molar-refractivity contribution < 1.29 is 16.8 Å². The minimum atomic E-state index is -3.13. The van der Waals surface area contributed by atoms with Gasteiger partial charge in [0.25, 0.3) is 0 Å². The number of hydrogen-bond donors (Lipinski definition) is 0. The van der Waals surface area contributed by atoms with Gasteiger partial charge in [0.2, 0.25) is 10.0 Å². The smallest absolute Gasteiger partial charge is 0.211 e. The second-order valence-corrected chi connectivity index (χ2v) is 12.2. The summed E-state index contributed by atoms with van der Waals surface area (Å²) in [6, 6.07) is 0. The van der Waals surface area contributed by atoms with Crippen LogP contribution in [-0.2, 0) is 19.9 Å². The molecule has 0 aromatic carbocycles. The Kier molecular flexibility index (Phi) is 5.44. The summed E-state index contributed by atoms with van der Waals surface area (Å²) in [6.07, 6.45) is 1.26. The van der Waals surface area contributed by atoms with Crippen molar-refractivity contribution in [2.75, 3.05) is 57.0 Å². The van der Waals surface area contributed by atoms with Crippen molar-refractivity contribution >= 4 is 19.9 Å². The quantitative estimate of drug-likeness (QED) is 0.674. The zero-order valence-electron chi connectivity index (χ0n) is 15.4. The summed E-state index contributed by atoms with van der Waals surface area (Å²) in [5.41, 5.74) is -0.409. The van der Waals surface area contributed by atoms with Gasteiger partial charge in [-0.25, -0.2) is 16.8 Å². The second-order valence-electron chi connectivity index (χ2n) is 7.91. The summed E-state index contributed by atoms with van der Waals surface area (Å²) < 4.78 is 48.3. The van der Waals surface area contributed by atoms with E-state index in [-0.39, 0.29) is 22.6 Å². The van der Waals surface area contributed by atoms with Gasteiger partial charge in [0.05, 0.1) is 17.8 Å². The highest BCUT2D eigenvalue weighted by Gasteiger charge is 2.47. The van der Waals surface area contributed by atoms with Crippen LogP contribution >= 0.6 is 0 Å². The molecule has 0 radical (unpaired) electrons. The monoisotopic (exact) mass is 381 g/mol. The fourth-order valence-electron chi connectivity index (χ4n) is 3.62. The van der Waals surface area contributed by atoms with Crippen molar-refractivity contribution in [3.8, 4) is 0 Å². The molecule has 2 fully saturated rings. The Morgan fingerprint density at radius 3 is 1.50 bits per heavy atom. The van der Waals surface area contributed by atoms with E-state index >= 15 is 0 Å². The van der Waals surface area contributed by atoms with Gasteiger partial charge in [0.15, 0.2) is 9.84 Å². The second kappa shape index (κ2) is 6.50. The lowest BCUT2D eigenvalue weighted by atomic mass is 9.79. The first-order valence-electron chi connectivity index (χ1n) is 8.43. The fraction of sp³-hybridized carbons (Fsp3) is 1.00. The Morgan fingerprint density at radius 2 is 1.12 bits per heavy atom. The predicted octanol–water partition coefficient (Wildman–Crippen LogP) is -0.149. The molecule has 2 saturated heterocycles. The maximum absolute atomic E-state index is 11.7. The Hall–Kier alpha value is -0.220.